The van der Waals surface area contributed by atoms with Crippen LogP contribution >= 0.6 is 0 Å². The Balaban J connectivity index is 3.87. The molecule has 0 saturated heterocycles. The van der Waals surface area contributed by atoms with Crippen LogP contribution < -0.4 is 11.2 Å². The van der Waals surface area contributed by atoms with E-state index < -0.39 is 0 Å². The summed E-state index contributed by atoms with van der Waals surface area (Å²) in [6.45, 7) is 3.91. The lowest BCUT2D eigenvalue weighted by molar-refractivity contribution is -0.112. The van der Waals surface area contributed by atoms with E-state index in [1.165, 1.54) is 5.01 Å². The van der Waals surface area contributed by atoms with Crippen molar-refractivity contribution in [2.75, 3.05) is 13.6 Å². The van der Waals surface area contributed by atoms with Gasteiger partial charge in [-0.05, 0) is 0 Å². The minimum Gasteiger partial charge on any atom is -0.368 e. The molecule has 0 bridgehead atoms. The first-order valence-electron chi connectivity index (χ1n) is 3.06. The zero-order chi connectivity index (χ0) is 8.69. The Morgan fingerprint density at radius 1 is 1.91 bits per heavy atom. The molecule has 0 aromatic heterocycles. The number of nitrogens with zero attached hydrogens (tertiary/aromatic N) is 2. The maximum absolute atomic E-state index is 9.91. The number of rotatable bonds is 4. The third-order valence-corrected chi connectivity index (χ3v) is 0.972. The maximum Gasteiger partial charge on any atom is 0.225 e. The van der Waals surface area contributed by atoms with Crippen molar-refractivity contribution in [3.63, 3.8) is 0 Å². The molecule has 62 valence electrons. The van der Waals surface area contributed by atoms with E-state index in [2.05, 4.69) is 17.0 Å². The second-order valence-corrected chi connectivity index (χ2v) is 1.79. The summed E-state index contributed by atoms with van der Waals surface area (Å²) in [5.41, 5.74) is 7.71. The number of nitrogens with one attached hydrogen (secondary N) is 1. The van der Waals surface area contributed by atoms with Crippen LogP contribution in [0.15, 0.2) is 17.6 Å². The number of guanidine groups is 1. The molecule has 0 aliphatic rings. The van der Waals surface area contributed by atoms with E-state index in [1.54, 1.807) is 13.1 Å². The number of carbonyl (C=O) groups is 1. The van der Waals surface area contributed by atoms with Gasteiger partial charge in [0, 0.05) is 7.05 Å². The van der Waals surface area contributed by atoms with Gasteiger partial charge in [0.25, 0.3) is 0 Å². The van der Waals surface area contributed by atoms with Gasteiger partial charge in [0.15, 0.2) is 0 Å². The molecule has 5 heteroatoms. The normalized spacial score (nSPS) is 10.5. The molecule has 3 N–H and O–H groups in total. The Kier molecular flexibility index (Phi) is 4.55. The molecule has 0 rings (SSSR count). The Morgan fingerprint density at radius 3 is 3.00 bits per heavy atom. The van der Waals surface area contributed by atoms with Gasteiger partial charge in [-0.1, -0.05) is 6.08 Å². The molecule has 0 aliphatic carbocycles. The van der Waals surface area contributed by atoms with Crippen LogP contribution in [-0.2, 0) is 4.79 Å². The zero-order valence-electron chi connectivity index (χ0n) is 6.45. The Morgan fingerprint density at radius 2 is 2.55 bits per heavy atom. The Bertz CT molecular complexity index is 166. The number of amides is 1. The van der Waals surface area contributed by atoms with Crippen molar-refractivity contribution in [2.45, 2.75) is 0 Å². The molecule has 0 spiro atoms. The van der Waals surface area contributed by atoms with Crippen molar-refractivity contribution < 1.29 is 4.79 Å². The first-order valence-corrected chi connectivity index (χ1v) is 3.06. The number of carbonyl (C=O) groups excluding carboxylic acids is 1. The molecule has 0 aliphatic heterocycles. The molecule has 1 amide bonds. The molecule has 0 saturated carbocycles. The van der Waals surface area contributed by atoms with Crippen LogP contribution in [0.4, 0.5) is 0 Å². The molecule has 0 radical (unpaired) electrons. The fourth-order valence-electron chi connectivity index (χ4n) is 0.409. The SMILES string of the molecule is C=CCN=C(N)N(C)NC=O. The van der Waals surface area contributed by atoms with Crippen LogP contribution in [0.3, 0.4) is 0 Å². The number of hydrogen-bond donors (Lipinski definition) is 2. The summed E-state index contributed by atoms with van der Waals surface area (Å²) < 4.78 is 0. The minimum absolute atomic E-state index is 0.247. The summed E-state index contributed by atoms with van der Waals surface area (Å²) in [4.78, 5) is 13.8. The molecule has 0 aromatic rings. The molecule has 5 nitrogen and oxygen atoms in total. The van der Waals surface area contributed by atoms with Gasteiger partial charge >= 0.3 is 0 Å². The average molecular weight is 156 g/mol. The lowest BCUT2D eigenvalue weighted by Crippen LogP contribution is -2.43. The summed E-state index contributed by atoms with van der Waals surface area (Å²) in [6, 6.07) is 0. The first kappa shape index (κ1) is 9.48. The topological polar surface area (TPSA) is 70.7 Å². The first-order chi connectivity index (χ1) is 5.22. The van der Waals surface area contributed by atoms with E-state index in [-0.39, 0.29) is 5.96 Å². The summed E-state index contributed by atoms with van der Waals surface area (Å²) in [5.74, 6) is 0.247. The fraction of sp³-hybridized carbons (Fsp3) is 0.333. The lowest BCUT2D eigenvalue weighted by atomic mass is 10.6. The molecule has 11 heavy (non-hydrogen) atoms. The van der Waals surface area contributed by atoms with E-state index in [9.17, 15) is 4.79 Å². The van der Waals surface area contributed by atoms with Crippen LogP contribution in [0.2, 0.25) is 0 Å². The van der Waals surface area contributed by atoms with E-state index in [0.29, 0.717) is 13.0 Å². The summed E-state index contributed by atoms with van der Waals surface area (Å²) in [5, 5.41) is 1.32. The minimum atomic E-state index is 0.247. The van der Waals surface area contributed by atoms with Gasteiger partial charge in [-0.2, -0.15) is 0 Å². The number of aliphatic imine (C=N–C) groups is 1. The summed E-state index contributed by atoms with van der Waals surface area (Å²) in [6.07, 6.45) is 2.14. The highest BCUT2D eigenvalue weighted by atomic mass is 16.1. The van der Waals surface area contributed by atoms with Crippen molar-refractivity contribution in [1.29, 1.82) is 0 Å². The highest BCUT2D eigenvalue weighted by Crippen LogP contribution is 1.76. The molecule has 0 fully saturated rings. The van der Waals surface area contributed by atoms with Gasteiger partial charge in [0.2, 0.25) is 12.4 Å². The monoisotopic (exact) mass is 156 g/mol. The van der Waals surface area contributed by atoms with Gasteiger partial charge in [0.1, 0.15) is 0 Å². The van der Waals surface area contributed by atoms with Gasteiger partial charge in [-0.3, -0.25) is 15.2 Å². The average Bonchev–Trinajstić information content (AvgIpc) is 2.00. The zero-order valence-corrected chi connectivity index (χ0v) is 6.45. The quantitative estimate of drug-likeness (QED) is 0.182. The number of nitrogens with two attached hydrogens (primary N) is 1. The summed E-state index contributed by atoms with van der Waals surface area (Å²) in [7, 11) is 1.59. The molecular formula is C6H12N4O. The second kappa shape index (κ2) is 5.28. The largest absolute Gasteiger partial charge is 0.368 e. The van der Waals surface area contributed by atoms with Crippen LogP contribution in [0.5, 0.6) is 0 Å². The van der Waals surface area contributed by atoms with Crippen molar-refractivity contribution in [3.05, 3.63) is 12.7 Å². The van der Waals surface area contributed by atoms with Gasteiger partial charge in [0.05, 0.1) is 6.54 Å². The van der Waals surface area contributed by atoms with Gasteiger partial charge in [-0.15, -0.1) is 6.58 Å². The van der Waals surface area contributed by atoms with Crippen LogP contribution in [0.25, 0.3) is 0 Å². The van der Waals surface area contributed by atoms with Crippen molar-refractivity contribution in [2.24, 2.45) is 10.7 Å². The van der Waals surface area contributed by atoms with Crippen molar-refractivity contribution in [1.82, 2.24) is 10.4 Å². The van der Waals surface area contributed by atoms with Gasteiger partial charge in [-0.25, -0.2) is 4.99 Å². The summed E-state index contributed by atoms with van der Waals surface area (Å²) >= 11 is 0. The lowest BCUT2D eigenvalue weighted by Gasteiger charge is -2.14. The number of hydrazine groups is 1. The smallest absolute Gasteiger partial charge is 0.225 e. The van der Waals surface area contributed by atoms with E-state index >= 15 is 0 Å². The molecule has 0 heterocycles. The molecule has 0 unspecified atom stereocenters. The molecular weight excluding hydrogens is 144 g/mol. The maximum atomic E-state index is 9.91. The highest BCUT2D eigenvalue weighted by molar-refractivity contribution is 5.78. The van der Waals surface area contributed by atoms with E-state index in [0.717, 1.165) is 0 Å². The van der Waals surface area contributed by atoms with Crippen LogP contribution in [0, 0.1) is 0 Å². The van der Waals surface area contributed by atoms with E-state index in [1.807, 2.05) is 0 Å². The van der Waals surface area contributed by atoms with Crippen molar-refractivity contribution >= 4 is 12.4 Å². The fourth-order valence-corrected chi connectivity index (χ4v) is 0.409. The van der Waals surface area contributed by atoms with Crippen LogP contribution in [0.1, 0.15) is 0 Å². The van der Waals surface area contributed by atoms with Gasteiger partial charge < -0.3 is 5.73 Å². The predicted molar refractivity (Wildman–Crippen MR) is 43.6 cm³/mol. The Hall–Kier alpha value is -1.52. The molecule has 0 aromatic carbocycles. The molecule has 0 atom stereocenters. The number of hydrogen-bond acceptors (Lipinski definition) is 2. The van der Waals surface area contributed by atoms with Crippen molar-refractivity contribution in [3.8, 4) is 0 Å². The standard InChI is InChI=1S/C6H12N4O/c1-3-4-8-6(7)10(2)9-5-11/h3,5H,1,4H2,2H3,(H2,7,8)(H,9,11). The third kappa shape index (κ3) is 3.96. The van der Waals surface area contributed by atoms with Crippen LogP contribution in [-0.4, -0.2) is 31.0 Å². The second-order valence-electron chi connectivity index (χ2n) is 1.79. The predicted octanol–water partition coefficient (Wildman–Crippen LogP) is -0.920. The Labute approximate surface area is 65.6 Å². The highest BCUT2D eigenvalue weighted by Gasteiger charge is 1.95. The third-order valence-electron chi connectivity index (χ3n) is 0.972. The van der Waals surface area contributed by atoms with E-state index in [4.69, 9.17) is 5.73 Å².